The maximum absolute atomic E-state index is 12.8. The SMILES string of the molecule is CC(C)C(NC(=O)C(CCC(=O)O)NC(=O)C(N)CS)C(=O)NC(CCCN=C(N)N)C(=O)O. The van der Waals surface area contributed by atoms with Crippen molar-refractivity contribution in [3.8, 4) is 0 Å². The lowest BCUT2D eigenvalue weighted by Gasteiger charge is -2.27. The molecule has 0 heterocycles. The molecule has 0 rings (SSSR count). The molecular weight excluding hydrogens is 470 g/mol. The number of guanidine groups is 1. The van der Waals surface area contributed by atoms with E-state index in [1.165, 1.54) is 0 Å². The van der Waals surface area contributed by atoms with Crippen LogP contribution in [0.25, 0.3) is 0 Å². The summed E-state index contributed by atoms with van der Waals surface area (Å²) >= 11 is 3.91. The van der Waals surface area contributed by atoms with E-state index >= 15 is 0 Å². The molecule has 0 aromatic rings. The first-order chi connectivity index (χ1) is 15.8. The zero-order valence-electron chi connectivity index (χ0n) is 19.2. The minimum Gasteiger partial charge on any atom is -0.481 e. The average molecular weight is 506 g/mol. The normalized spacial score (nSPS) is 14.3. The molecule has 0 aromatic heterocycles. The first-order valence-electron chi connectivity index (χ1n) is 10.6. The third-order valence-electron chi connectivity index (χ3n) is 4.62. The van der Waals surface area contributed by atoms with Crippen LogP contribution in [0.15, 0.2) is 4.99 Å². The number of amides is 3. The van der Waals surface area contributed by atoms with Gasteiger partial charge in [0.15, 0.2) is 5.96 Å². The van der Waals surface area contributed by atoms with Gasteiger partial charge in [0.25, 0.3) is 0 Å². The highest BCUT2D eigenvalue weighted by atomic mass is 32.1. The summed E-state index contributed by atoms with van der Waals surface area (Å²) in [6, 6.07) is -4.72. The molecule has 4 atom stereocenters. The van der Waals surface area contributed by atoms with E-state index < -0.39 is 66.2 Å². The number of hydrogen-bond acceptors (Lipinski definition) is 8. The van der Waals surface area contributed by atoms with Crippen molar-refractivity contribution in [2.75, 3.05) is 12.3 Å². The molecule has 3 amide bonds. The summed E-state index contributed by atoms with van der Waals surface area (Å²) in [5, 5.41) is 25.5. The van der Waals surface area contributed by atoms with E-state index in [1.807, 2.05) is 0 Å². The zero-order valence-corrected chi connectivity index (χ0v) is 20.1. The van der Waals surface area contributed by atoms with Crippen LogP contribution >= 0.6 is 12.6 Å². The number of carbonyl (C=O) groups excluding carboxylic acids is 3. The Morgan fingerprint density at radius 1 is 0.912 bits per heavy atom. The second-order valence-corrected chi connectivity index (χ2v) is 8.23. The van der Waals surface area contributed by atoms with Gasteiger partial charge in [-0.05, 0) is 25.2 Å². The lowest BCUT2D eigenvalue weighted by molar-refractivity contribution is -0.142. The number of carboxylic acids is 2. The van der Waals surface area contributed by atoms with Gasteiger partial charge in [-0.2, -0.15) is 12.6 Å². The summed E-state index contributed by atoms with van der Waals surface area (Å²) in [4.78, 5) is 63.9. The van der Waals surface area contributed by atoms with Gasteiger partial charge in [-0.15, -0.1) is 0 Å². The predicted molar refractivity (Wildman–Crippen MR) is 127 cm³/mol. The topological polar surface area (TPSA) is 252 Å². The van der Waals surface area contributed by atoms with E-state index in [4.69, 9.17) is 22.3 Å². The quantitative estimate of drug-likeness (QED) is 0.0456. The molecule has 0 radical (unpaired) electrons. The van der Waals surface area contributed by atoms with E-state index in [9.17, 15) is 29.1 Å². The molecule has 0 aliphatic carbocycles. The van der Waals surface area contributed by atoms with Gasteiger partial charge < -0.3 is 43.4 Å². The summed E-state index contributed by atoms with van der Waals surface area (Å²) in [6.07, 6.45) is -0.358. The van der Waals surface area contributed by atoms with Crippen LogP contribution in [0.2, 0.25) is 0 Å². The van der Waals surface area contributed by atoms with Crippen molar-refractivity contribution in [2.24, 2.45) is 28.1 Å². The molecule has 0 spiro atoms. The van der Waals surface area contributed by atoms with E-state index in [0.717, 1.165) is 0 Å². The highest BCUT2D eigenvalue weighted by Crippen LogP contribution is 2.07. The number of nitrogens with zero attached hydrogens (tertiary/aromatic N) is 1. The Kier molecular flexibility index (Phi) is 14.3. The van der Waals surface area contributed by atoms with Crippen molar-refractivity contribution < 1.29 is 34.2 Å². The molecule has 15 heteroatoms. The number of carboxylic acid groups (broad SMARTS) is 2. The standard InChI is InChI=1S/C19H35N7O7S/c1-9(2)14(17(31)25-12(18(32)33)4-3-7-23-19(21)22)26-16(30)11(5-6-13(27)28)24-15(29)10(20)8-34/h9-12,14,34H,3-8,20H2,1-2H3,(H,24,29)(H,25,31)(H,26,30)(H,27,28)(H,32,33)(H4,21,22,23). The minimum absolute atomic E-state index is 0.00408. The zero-order chi connectivity index (χ0) is 26.4. The lowest BCUT2D eigenvalue weighted by atomic mass is 10.0. The Hall–Kier alpha value is -3.07. The highest BCUT2D eigenvalue weighted by Gasteiger charge is 2.31. The maximum atomic E-state index is 12.8. The summed E-state index contributed by atoms with van der Waals surface area (Å²) in [7, 11) is 0. The molecular formula is C19H35N7O7S. The molecule has 0 aliphatic heterocycles. The van der Waals surface area contributed by atoms with Crippen molar-refractivity contribution in [3.63, 3.8) is 0 Å². The third kappa shape index (κ3) is 12.2. The second-order valence-electron chi connectivity index (χ2n) is 7.86. The molecule has 4 unspecified atom stereocenters. The van der Waals surface area contributed by atoms with Crippen molar-refractivity contribution in [3.05, 3.63) is 0 Å². The molecule has 0 fully saturated rings. The monoisotopic (exact) mass is 505 g/mol. The minimum atomic E-state index is -1.28. The average Bonchev–Trinajstić information content (AvgIpc) is 2.74. The number of carbonyl (C=O) groups is 5. The fraction of sp³-hybridized carbons (Fsp3) is 0.684. The highest BCUT2D eigenvalue weighted by molar-refractivity contribution is 7.80. The van der Waals surface area contributed by atoms with Gasteiger partial charge in [0.2, 0.25) is 17.7 Å². The first-order valence-corrected chi connectivity index (χ1v) is 11.2. The molecule has 0 aliphatic rings. The molecule has 11 N–H and O–H groups in total. The van der Waals surface area contributed by atoms with Crippen molar-refractivity contribution in [2.45, 2.75) is 63.7 Å². The Morgan fingerprint density at radius 2 is 1.50 bits per heavy atom. The molecule has 14 nitrogen and oxygen atoms in total. The predicted octanol–water partition coefficient (Wildman–Crippen LogP) is -2.64. The largest absolute Gasteiger partial charge is 0.481 e. The molecule has 0 bridgehead atoms. The first kappa shape index (κ1) is 30.9. The summed E-state index contributed by atoms with van der Waals surface area (Å²) in [5.41, 5.74) is 16.0. The van der Waals surface area contributed by atoms with E-state index in [1.54, 1.807) is 13.8 Å². The number of nitrogens with two attached hydrogens (primary N) is 3. The number of nitrogens with one attached hydrogen (secondary N) is 3. The third-order valence-corrected chi connectivity index (χ3v) is 5.01. The van der Waals surface area contributed by atoms with Crippen molar-refractivity contribution in [1.29, 1.82) is 0 Å². The smallest absolute Gasteiger partial charge is 0.326 e. The molecule has 0 saturated carbocycles. The van der Waals surface area contributed by atoms with Gasteiger partial charge in [0.1, 0.15) is 18.1 Å². The van der Waals surface area contributed by atoms with Gasteiger partial charge in [-0.1, -0.05) is 13.8 Å². The van der Waals surface area contributed by atoms with Gasteiger partial charge in [-0.25, -0.2) is 4.79 Å². The summed E-state index contributed by atoms with van der Waals surface area (Å²) in [6.45, 7) is 3.42. The molecule has 0 saturated heterocycles. The van der Waals surface area contributed by atoms with E-state index in [-0.39, 0.29) is 37.5 Å². The van der Waals surface area contributed by atoms with Crippen LogP contribution in [0.4, 0.5) is 0 Å². The Morgan fingerprint density at radius 3 is 1.97 bits per heavy atom. The molecule has 34 heavy (non-hydrogen) atoms. The van der Waals surface area contributed by atoms with E-state index in [2.05, 4.69) is 33.6 Å². The number of thiol groups is 1. The number of hydrogen-bond donors (Lipinski definition) is 9. The van der Waals surface area contributed by atoms with Crippen LogP contribution in [-0.4, -0.2) is 82.3 Å². The van der Waals surface area contributed by atoms with Crippen molar-refractivity contribution in [1.82, 2.24) is 16.0 Å². The maximum Gasteiger partial charge on any atom is 0.326 e. The fourth-order valence-electron chi connectivity index (χ4n) is 2.71. The Labute approximate surface area is 202 Å². The summed E-state index contributed by atoms with van der Waals surface area (Å²) < 4.78 is 0. The number of aliphatic carboxylic acids is 2. The van der Waals surface area contributed by atoms with Crippen LogP contribution in [-0.2, 0) is 24.0 Å². The van der Waals surface area contributed by atoms with Crippen molar-refractivity contribution >= 4 is 48.2 Å². The lowest BCUT2D eigenvalue weighted by Crippen LogP contribution is -2.58. The van der Waals surface area contributed by atoms with E-state index in [0.29, 0.717) is 0 Å². The number of rotatable bonds is 16. The van der Waals surface area contributed by atoms with Crippen LogP contribution in [0.1, 0.15) is 39.5 Å². The fourth-order valence-corrected chi connectivity index (χ4v) is 2.88. The Balaban J connectivity index is 5.37. The number of aliphatic imine (C=N–C) groups is 1. The second kappa shape index (κ2) is 15.7. The van der Waals surface area contributed by atoms with Gasteiger partial charge in [0, 0.05) is 18.7 Å². The van der Waals surface area contributed by atoms with Gasteiger partial charge in [0.05, 0.1) is 6.04 Å². The van der Waals surface area contributed by atoms with Crippen LogP contribution < -0.4 is 33.2 Å². The van der Waals surface area contributed by atoms with Gasteiger partial charge in [-0.3, -0.25) is 24.2 Å². The van der Waals surface area contributed by atoms with Crippen LogP contribution in [0.3, 0.4) is 0 Å². The molecule has 194 valence electrons. The van der Waals surface area contributed by atoms with Crippen LogP contribution in [0, 0.1) is 5.92 Å². The van der Waals surface area contributed by atoms with Gasteiger partial charge >= 0.3 is 11.9 Å². The van der Waals surface area contributed by atoms with Crippen LogP contribution in [0.5, 0.6) is 0 Å². The summed E-state index contributed by atoms with van der Waals surface area (Å²) in [5.74, 6) is -5.35. The Bertz CT molecular complexity index is 759. The molecule has 0 aromatic carbocycles.